The molecule has 3 rings (SSSR count). The fraction of sp³-hybridized carbons (Fsp3) is 0.286. The normalized spacial score (nSPS) is 15.6. The minimum absolute atomic E-state index is 0.0471. The number of nitrogens with zero attached hydrogens (tertiary/aromatic N) is 2. The molecule has 1 aliphatic rings. The van der Waals surface area contributed by atoms with Crippen molar-refractivity contribution in [2.45, 2.75) is 31.7 Å². The third kappa shape index (κ3) is 4.80. The van der Waals surface area contributed by atoms with Gasteiger partial charge in [0.25, 0.3) is 5.91 Å². The maximum atomic E-state index is 12.7. The maximum Gasteiger partial charge on any atom is 0.262 e. The summed E-state index contributed by atoms with van der Waals surface area (Å²) >= 11 is 3.30. The molecule has 132 valence electrons. The van der Waals surface area contributed by atoms with Gasteiger partial charge in [0.2, 0.25) is 0 Å². The van der Waals surface area contributed by atoms with E-state index in [-0.39, 0.29) is 17.5 Å². The van der Waals surface area contributed by atoms with Crippen molar-refractivity contribution in [3.8, 4) is 6.07 Å². The first-order valence-corrected chi connectivity index (χ1v) is 9.54. The molecule has 0 unspecified atom stereocenters. The molecule has 1 fully saturated rings. The summed E-state index contributed by atoms with van der Waals surface area (Å²) in [6.07, 6.45) is 5.76. The van der Waals surface area contributed by atoms with Crippen LogP contribution in [-0.4, -0.2) is 16.9 Å². The van der Waals surface area contributed by atoms with E-state index in [2.05, 4.69) is 38.4 Å². The fourth-order valence-electron chi connectivity index (χ4n) is 3.09. The second-order valence-electron chi connectivity index (χ2n) is 6.52. The third-order valence-corrected chi connectivity index (χ3v) is 5.17. The molecule has 1 amide bonds. The number of carbonyl (C=O) groups is 1. The predicted octanol–water partition coefficient (Wildman–Crippen LogP) is 4.28. The van der Waals surface area contributed by atoms with Crippen LogP contribution < -0.4 is 5.32 Å². The highest BCUT2D eigenvalue weighted by Crippen LogP contribution is 2.31. The van der Waals surface area contributed by atoms with Gasteiger partial charge in [-0.1, -0.05) is 42.8 Å². The molecule has 2 aromatic rings. The van der Waals surface area contributed by atoms with Gasteiger partial charge in [-0.3, -0.25) is 4.79 Å². The molecule has 0 bridgehead atoms. The van der Waals surface area contributed by atoms with E-state index in [1.165, 1.54) is 18.1 Å². The van der Waals surface area contributed by atoms with E-state index in [4.69, 9.17) is 0 Å². The zero-order chi connectivity index (χ0) is 18.4. The molecule has 1 saturated carbocycles. The van der Waals surface area contributed by atoms with Crippen molar-refractivity contribution >= 4 is 27.9 Å². The molecule has 4 nitrogen and oxygen atoms in total. The Morgan fingerprint density at radius 3 is 2.65 bits per heavy atom. The van der Waals surface area contributed by atoms with E-state index in [0.717, 1.165) is 19.3 Å². The second-order valence-corrected chi connectivity index (χ2v) is 7.33. The van der Waals surface area contributed by atoms with Crippen LogP contribution in [0.15, 0.2) is 58.7 Å². The van der Waals surface area contributed by atoms with E-state index in [1.807, 2.05) is 30.3 Å². The molecule has 0 saturated heterocycles. The first-order chi connectivity index (χ1) is 12.7. The summed E-state index contributed by atoms with van der Waals surface area (Å²) < 4.78 is 0.667. The Bertz CT molecular complexity index is 838. The predicted molar refractivity (Wildman–Crippen MR) is 105 cm³/mol. The highest BCUT2D eigenvalue weighted by atomic mass is 79.9. The van der Waals surface area contributed by atoms with Crippen molar-refractivity contribution in [1.29, 1.82) is 5.26 Å². The number of amides is 1. The smallest absolute Gasteiger partial charge is 0.262 e. The van der Waals surface area contributed by atoms with Crippen molar-refractivity contribution in [3.63, 3.8) is 0 Å². The average Bonchev–Trinajstić information content (AvgIpc) is 2.59. The Morgan fingerprint density at radius 1 is 1.27 bits per heavy atom. The van der Waals surface area contributed by atoms with Crippen molar-refractivity contribution in [2.75, 3.05) is 0 Å². The van der Waals surface area contributed by atoms with Crippen molar-refractivity contribution in [2.24, 2.45) is 5.92 Å². The lowest BCUT2D eigenvalue weighted by atomic mass is 9.77. The zero-order valence-electron chi connectivity index (χ0n) is 14.4. The standard InChI is InChI=1S/C21H20BrN3O/c22-20-11-5-10-18(24-20)13-17(14-23)21(26)25-19(16-8-4-9-16)12-15-6-2-1-3-7-15/h1-3,5-7,10-11,13,16,19H,4,8-9,12H2,(H,25,26)/b17-13+/t19-/m0/s1. The Hall–Kier alpha value is -2.45. The maximum absolute atomic E-state index is 12.7. The van der Waals surface area contributed by atoms with Gasteiger partial charge in [-0.15, -0.1) is 0 Å². The topological polar surface area (TPSA) is 65.8 Å². The summed E-state index contributed by atoms with van der Waals surface area (Å²) in [6.45, 7) is 0. The number of hydrogen-bond donors (Lipinski definition) is 1. The summed E-state index contributed by atoms with van der Waals surface area (Å²) in [4.78, 5) is 16.9. The van der Waals surface area contributed by atoms with Gasteiger partial charge in [0.1, 0.15) is 16.2 Å². The molecule has 1 aromatic carbocycles. The molecular weight excluding hydrogens is 390 g/mol. The number of benzene rings is 1. The summed E-state index contributed by atoms with van der Waals surface area (Å²) in [5.41, 5.74) is 1.85. The van der Waals surface area contributed by atoms with Crippen molar-refractivity contribution in [3.05, 3.63) is 70.0 Å². The van der Waals surface area contributed by atoms with Crippen LogP contribution in [-0.2, 0) is 11.2 Å². The largest absolute Gasteiger partial charge is 0.348 e. The number of nitrogens with one attached hydrogen (secondary N) is 1. The SMILES string of the molecule is N#C/C(=C\c1cccc(Br)n1)C(=O)N[C@@H](Cc1ccccc1)C1CCC1. The molecule has 5 heteroatoms. The van der Waals surface area contributed by atoms with Gasteiger partial charge in [0.05, 0.1) is 5.69 Å². The Labute approximate surface area is 162 Å². The number of rotatable bonds is 6. The molecule has 0 radical (unpaired) electrons. The molecule has 1 N–H and O–H groups in total. The molecule has 1 aromatic heterocycles. The van der Waals surface area contributed by atoms with E-state index < -0.39 is 0 Å². The van der Waals surface area contributed by atoms with Gasteiger partial charge >= 0.3 is 0 Å². The number of halogens is 1. The van der Waals surface area contributed by atoms with Gasteiger partial charge in [-0.25, -0.2) is 4.98 Å². The molecular formula is C21H20BrN3O. The van der Waals surface area contributed by atoms with Gasteiger partial charge < -0.3 is 5.32 Å². The molecule has 0 aliphatic heterocycles. The molecule has 0 spiro atoms. The summed E-state index contributed by atoms with van der Waals surface area (Å²) in [6, 6.07) is 17.6. The monoisotopic (exact) mass is 409 g/mol. The van der Waals surface area contributed by atoms with Crippen LogP contribution in [0.5, 0.6) is 0 Å². The van der Waals surface area contributed by atoms with Crippen molar-refractivity contribution < 1.29 is 4.79 Å². The lowest BCUT2D eigenvalue weighted by Gasteiger charge is -2.34. The Morgan fingerprint density at radius 2 is 2.04 bits per heavy atom. The first-order valence-electron chi connectivity index (χ1n) is 8.75. The summed E-state index contributed by atoms with van der Waals surface area (Å²) in [5.74, 6) is 0.144. The number of hydrogen-bond acceptors (Lipinski definition) is 3. The average molecular weight is 410 g/mol. The quantitative estimate of drug-likeness (QED) is 0.439. The number of nitriles is 1. The molecule has 1 atom stereocenters. The van der Waals surface area contributed by atoms with Crippen LogP contribution in [0.25, 0.3) is 6.08 Å². The minimum Gasteiger partial charge on any atom is -0.348 e. The van der Waals surface area contributed by atoms with Gasteiger partial charge in [0, 0.05) is 6.04 Å². The van der Waals surface area contributed by atoms with Crippen LogP contribution in [0.1, 0.15) is 30.5 Å². The van der Waals surface area contributed by atoms with E-state index in [9.17, 15) is 10.1 Å². The van der Waals surface area contributed by atoms with Crippen LogP contribution in [0.2, 0.25) is 0 Å². The van der Waals surface area contributed by atoms with Crippen LogP contribution >= 0.6 is 15.9 Å². The number of aromatic nitrogens is 1. The summed E-state index contributed by atoms with van der Waals surface area (Å²) in [5, 5.41) is 12.5. The van der Waals surface area contributed by atoms with E-state index in [0.29, 0.717) is 16.2 Å². The zero-order valence-corrected chi connectivity index (χ0v) is 15.9. The minimum atomic E-state index is -0.331. The fourth-order valence-corrected chi connectivity index (χ4v) is 3.45. The van der Waals surface area contributed by atoms with E-state index in [1.54, 1.807) is 12.1 Å². The van der Waals surface area contributed by atoms with Crippen LogP contribution in [0.4, 0.5) is 0 Å². The van der Waals surface area contributed by atoms with Crippen molar-refractivity contribution in [1.82, 2.24) is 10.3 Å². The lowest BCUT2D eigenvalue weighted by molar-refractivity contribution is -0.118. The van der Waals surface area contributed by atoms with E-state index >= 15 is 0 Å². The van der Waals surface area contributed by atoms with Gasteiger partial charge in [-0.05, 0) is 64.9 Å². The lowest BCUT2D eigenvalue weighted by Crippen LogP contribution is -2.44. The number of pyridine rings is 1. The number of carbonyl (C=O) groups excluding carboxylic acids is 1. The molecule has 26 heavy (non-hydrogen) atoms. The van der Waals surface area contributed by atoms with Gasteiger partial charge in [0.15, 0.2) is 0 Å². The first kappa shape index (κ1) is 18.3. The van der Waals surface area contributed by atoms with Crippen LogP contribution in [0, 0.1) is 17.2 Å². The molecule has 1 aliphatic carbocycles. The third-order valence-electron chi connectivity index (χ3n) is 4.73. The summed E-state index contributed by atoms with van der Waals surface area (Å²) in [7, 11) is 0. The Balaban J connectivity index is 1.74. The highest BCUT2D eigenvalue weighted by molar-refractivity contribution is 9.10. The van der Waals surface area contributed by atoms with Crippen LogP contribution in [0.3, 0.4) is 0 Å². The Kier molecular flexibility index (Phi) is 6.19. The molecule has 1 heterocycles. The second kappa shape index (κ2) is 8.77. The highest BCUT2D eigenvalue weighted by Gasteiger charge is 2.29. The van der Waals surface area contributed by atoms with Gasteiger partial charge in [-0.2, -0.15) is 5.26 Å².